The molecule has 2 heterocycles. The monoisotopic (exact) mass is 397 g/mol. The van der Waals surface area contributed by atoms with E-state index in [1.807, 2.05) is 41.0 Å². The molecule has 4 aromatic rings. The SMILES string of the molecule is Cc1ccc(-n2c(=S)sc3c(=O)n(-c4ccccc4)c(=S)[nH]c32)cc1C. The highest BCUT2D eigenvalue weighted by Gasteiger charge is 2.15. The Hall–Kier alpha value is -2.35. The third-order valence-electron chi connectivity index (χ3n) is 4.40. The summed E-state index contributed by atoms with van der Waals surface area (Å²) < 4.78 is 4.91. The zero-order valence-electron chi connectivity index (χ0n) is 14.1. The lowest BCUT2D eigenvalue weighted by molar-refractivity contribution is 0.927. The van der Waals surface area contributed by atoms with Crippen LogP contribution in [0.3, 0.4) is 0 Å². The van der Waals surface area contributed by atoms with E-state index in [4.69, 9.17) is 24.4 Å². The minimum atomic E-state index is -0.159. The third kappa shape index (κ3) is 2.68. The first-order valence-electron chi connectivity index (χ1n) is 8.01. The van der Waals surface area contributed by atoms with Gasteiger partial charge in [-0.1, -0.05) is 35.6 Å². The van der Waals surface area contributed by atoms with E-state index in [9.17, 15) is 4.79 Å². The molecule has 1 N–H and O–H groups in total. The van der Waals surface area contributed by atoms with Gasteiger partial charge in [0.1, 0.15) is 10.3 Å². The summed E-state index contributed by atoms with van der Waals surface area (Å²) in [5, 5.41) is 0. The molecule has 0 unspecified atom stereocenters. The molecule has 4 nitrogen and oxygen atoms in total. The Morgan fingerprint density at radius 1 is 0.923 bits per heavy atom. The van der Waals surface area contributed by atoms with Gasteiger partial charge in [0.15, 0.2) is 8.73 Å². The summed E-state index contributed by atoms with van der Waals surface area (Å²) in [6.07, 6.45) is 0. The van der Waals surface area contributed by atoms with Crippen molar-refractivity contribution in [3.8, 4) is 11.4 Å². The molecule has 2 aromatic heterocycles. The molecule has 0 amide bonds. The number of fused-ring (bicyclic) bond motifs is 1. The van der Waals surface area contributed by atoms with Crippen LogP contribution in [0.25, 0.3) is 21.7 Å². The molecule has 0 fully saturated rings. The number of nitrogens with one attached hydrogen (secondary N) is 1. The van der Waals surface area contributed by atoms with Gasteiger partial charge in [0, 0.05) is 5.69 Å². The number of nitrogens with zero attached hydrogens (tertiary/aromatic N) is 2. The average Bonchev–Trinajstić information content (AvgIpc) is 2.95. The van der Waals surface area contributed by atoms with Gasteiger partial charge >= 0.3 is 0 Å². The van der Waals surface area contributed by atoms with Crippen molar-refractivity contribution in [1.82, 2.24) is 14.1 Å². The first kappa shape index (κ1) is 17.1. The van der Waals surface area contributed by atoms with Crippen LogP contribution in [0.4, 0.5) is 0 Å². The van der Waals surface area contributed by atoms with E-state index in [-0.39, 0.29) is 5.56 Å². The van der Waals surface area contributed by atoms with Crippen LogP contribution in [0, 0.1) is 22.6 Å². The summed E-state index contributed by atoms with van der Waals surface area (Å²) in [5.74, 6) is 0. The van der Waals surface area contributed by atoms with Gasteiger partial charge in [0.2, 0.25) is 0 Å². The predicted molar refractivity (Wildman–Crippen MR) is 112 cm³/mol. The molecule has 0 atom stereocenters. The lowest BCUT2D eigenvalue weighted by atomic mass is 10.1. The van der Waals surface area contributed by atoms with Gasteiger partial charge in [-0.2, -0.15) is 0 Å². The maximum atomic E-state index is 13.1. The molecule has 130 valence electrons. The number of aromatic amines is 1. The number of H-pyrrole nitrogens is 1. The van der Waals surface area contributed by atoms with Crippen LogP contribution in [0.5, 0.6) is 0 Å². The van der Waals surface area contributed by atoms with E-state index < -0.39 is 0 Å². The zero-order valence-corrected chi connectivity index (χ0v) is 16.6. The molecule has 0 bridgehead atoms. The van der Waals surface area contributed by atoms with Gasteiger partial charge in [-0.25, -0.2) is 0 Å². The number of hydrogen-bond donors (Lipinski definition) is 1. The Balaban J connectivity index is 2.06. The quantitative estimate of drug-likeness (QED) is 0.470. The number of para-hydroxylation sites is 1. The molecule has 0 spiro atoms. The summed E-state index contributed by atoms with van der Waals surface area (Å²) in [6, 6.07) is 15.5. The van der Waals surface area contributed by atoms with Crippen molar-refractivity contribution < 1.29 is 0 Å². The molecular weight excluding hydrogens is 382 g/mol. The molecule has 0 aliphatic carbocycles. The standard InChI is InChI=1S/C19H15N3OS3/c1-11-8-9-14(10-12(11)2)21-16-15(26-19(21)25)17(23)22(18(24)20-16)13-6-4-3-5-7-13/h3-10H,1-2H3,(H,20,24). The summed E-state index contributed by atoms with van der Waals surface area (Å²) in [6.45, 7) is 4.12. The fraction of sp³-hybridized carbons (Fsp3) is 0.105. The van der Waals surface area contributed by atoms with Gasteiger partial charge < -0.3 is 4.98 Å². The molecule has 0 aliphatic rings. The van der Waals surface area contributed by atoms with Crippen LogP contribution in [0.1, 0.15) is 11.1 Å². The zero-order chi connectivity index (χ0) is 18.4. The van der Waals surface area contributed by atoms with Gasteiger partial charge in [-0.15, -0.1) is 0 Å². The highest BCUT2D eigenvalue weighted by Crippen LogP contribution is 2.24. The average molecular weight is 398 g/mol. The number of rotatable bonds is 2. The molecular formula is C19H15N3OS3. The Labute approximate surface area is 164 Å². The van der Waals surface area contributed by atoms with E-state index in [2.05, 4.69) is 31.0 Å². The number of aromatic nitrogens is 3. The summed E-state index contributed by atoms with van der Waals surface area (Å²) >= 11 is 12.3. The van der Waals surface area contributed by atoms with E-state index in [1.54, 1.807) is 0 Å². The van der Waals surface area contributed by atoms with Crippen molar-refractivity contribution in [2.45, 2.75) is 13.8 Å². The predicted octanol–water partition coefficient (Wildman–Crippen LogP) is 5.25. The van der Waals surface area contributed by atoms with Crippen molar-refractivity contribution >= 4 is 46.1 Å². The second kappa shape index (κ2) is 6.42. The maximum Gasteiger partial charge on any atom is 0.278 e. The van der Waals surface area contributed by atoms with Crippen molar-refractivity contribution in [2.24, 2.45) is 0 Å². The number of thiazole rings is 1. The lowest BCUT2D eigenvalue weighted by Crippen LogP contribution is -2.20. The molecule has 7 heteroatoms. The van der Waals surface area contributed by atoms with Gasteiger partial charge in [0.25, 0.3) is 5.56 Å². The highest BCUT2D eigenvalue weighted by molar-refractivity contribution is 7.73. The molecule has 26 heavy (non-hydrogen) atoms. The van der Waals surface area contributed by atoms with Gasteiger partial charge in [0.05, 0.1) is 5.69 Å². The van der Waals surface area contributed by atoms with E-state index in [0.29, 0.717) is 19.1 Å². The van der Waals surface area contributed by atoms with Crippen LogP contribution >= 0.6 is 35.8 Å². The van der Waals surface area contributed by atoms with Crippen molar-refractivity contribution in [2.75, 3.05) is 0 Å². The Kier molecular flexibility index (Phi) is 4.22. The second-order valence-electron chi connectivity index (χ2n) is 6.06. The number of hydrogen-bond acceptors (Lipinski definition) is 4. The highest BCUT2D eigenvalue weighted by atomic mass is 32.1. The van der Waals surface area contributed by atoms with Gasteiger partial charge in [-0.3, -0.25) is 13.9 Å². The third-order valence-corrected chi connectivity index (χ3v) is 6.05. The first-order chi connectivity index (χ1) is 12.5. The molecule has 0 radical (unpaired) electrons. The lowest BCUT2D eigenvalue weighted by Gasteiger charge is -2.09. The van der Waals surface area contributed by atoms with Crippen molar-refractivity contribution in [3.05, 3.63) is 78.7 Å². The van der Waals surface area contributed by atoms with Crippen LogP contribution in [-0.4, -0.2) is 14.1 Å². The Morgan fingerprint density at radius 3 is 2.35 bits per heavy atom. The summed E-state index contributed by atoms with van der Waals surface area (Å²) in [4.78, 5) is 16.3. The summed E-state index contributed by atoms with van der Waals surface area (Å²) in [7, 11) is 0. The van der Waals surface area contributed by atoms with E-state index >= 15 is 0 Å². The van der Waals surface area contributed by atoms with Crippen LogP contribution in [0.15, 0.2) is 53.3 Å². The van der Waals surface area contributed by atoms with Crippen molar-refractivity contribution in [3.63, 3.8) is 0 Å². The van der Waals surface area contributed by atoms with Crippen LogP contribution < -0.4 is 5.56 Å². The second-order valence-corrected chi connectivity index (χ2v) is 8.09. The van der Waals surface area contributed by atoms with Gasteiger partial charge in [-0.05, 0) is 73.7 Å². The first-order valence-corrected chi connectivity index (χ1v) is 9.64. The minimum absolute atomic E-state index is 0.159. The van der Waals surface area contributed by atoms with E-state index in [0.717, 1.165) is 11.4 Å². The topological polar surface area (TPSA) is 42.7 Å². The van der Waals surface area contributed by atoms with E-state index in [1.165, 1.54) is 27.0 Å². The molecule has 0 saturated carbocycles. The van der Waals surface area contributed by atoms with Crippen LogP contribution in [-0.2, 0) is 0 Å². The minimum Gasteiger partial charge on any atom is -0.316 e. The normalized spacial score (nSPS) is 11.2. The largest absolute Gasteiger partial charge is 0.316 e. The maximum absolute atomic E-state index is 13.1. The molecule has 4 rings (SSSR count). The number of benzene rings is 2. The molecule has 0 aliphatic heterocycles. The fourth-order valence-electron chi connectivity index (χ4n) is 2.89. The Morgan fingerprint density at radius 2 is 1.65 bits per heavy atom. The van der Waals surface area contributed by atoms with Crippen LogP contribution in [0.2, 0.25) is 0 Å². The number of aryl methyl sites for hydroxylation is 2. The summed E-state index contributed by atoms with van der Waals surface area (Å²) in [5.41, 5.74) is 4.52. The fourth-order valence-corrected chi connectivity index (χ4v) is 4.51. The smallest absolute Gasteiger partial charge is 0.278 e. The molecule has 2 aromatic carbocycles. The molecule has 0 saturated heterocycles. The van der Waals surface area contributed by atoms with Crippen molar-refractivity contribution in [1.29, 1.82) is 0 Å². The Bertz CT molecular complexity index is 1310.